The molecule has 1 saturated heterocycles. The minimum atomic E-state index is -0.475. The van der Waals surface area contributed by atoms with E-state index in [-0.39, 0.29) is 29.1 Å². The Hall–Kier alpha value is -2.70. The van der Waals surface area contributed by atoms with Crippen molar-refractivity contribution >= 4 is 11.9 Å². The molecule has 136 valence electrons. The second-order valence-corrected chi connectivity index (χ2v) is 7.34. The molecule has 1 amide bonds. The summed E-state index contributed by atoms with van der Waals surface area (Å²) in [5.41, 5.74) is 6.08. The Bertz CT molecular complexity index is 906. The van der Waals surface area contributed by atoms with E-state index in [1.54, 1.807) is 18.2 Å². The van der Waals surface area contributed by atoms with Crippen LogP contribution in [0.15, 0.2) is 35.1 Å². The number of aromatic amines is 1. The summed E-state index contributed by atoms with van der Waals surface area (Å²) in [5.74, 6) is -0.0709. The maximum Gasteiger partial charge on any atom is 0.252 e. The average molecular weight is 356 g/mol. The van der Waals surface area contributed by atoms with Crippen molar-refractivity contribution in [2.45, 2.75) is 31.6 Å². The van der Waals surface area contributed by atoms with Crippen LogP contribution in [0.1, 0.15) is 36.4 Å². The molecule has 2 aliphatic rings. The van der Waals surface area contributed by atoms with Crippen LogP contribution in [0, 0.1) is 11.2 Å². The quantitative estimate of drug-likeness (QED) is 0.874. The number of nitrogens with zero attached hydrogens (tertiary/aromatic N) is 2. The van der Waals surface area contributed by atoms with E-state index < -0.39 is 5.41 Å². The molecule has 6 nitrogen and oxygen atoms in total. The van der Waals surface area contributed by atoms with Gasteiger partial charge in [-0.1, -0.05) is 18.2 Å². The number of rotatable bonds is 4. The van der Waals surface area contributed by atoms with Crippen LogP contribution in [-0.2, 0) is 11.2 Å². The van der Waals surface area contributed by atoms with Crippen molar-refractivity contribution in [2.75, 3.05) is 18.8 Å². The molecule has 1 aromatic heterocycles. The summed E-state index contributed by atoms with van der Waals surface area (Å²) in [6.07, 6.45) is 2.77. The monoisotopic (exact) mass is 356 g/mol. The van der Waals surface area contributed by atoms with Gasteiger partial charge in [-0.3, -0.25) is 14.6 Å². The number of H-pyrrole nitrogens is 1. The third kappa shape index (κ3) is 3.09. The molecule has 0 bridgehead atoms. The zero-order valence-electron chi connectivity index (χ0n) is 14.4. The van der Waals surface area contributed by atoms with Gasteiger partial charge >= 0.3 is 0 Å². The highest BCUT2D eigenvalue weighted by Crippen LogP contribution is 2.51. The standard InChI is InChI=1S/C19H21FN4O2/c20-14-4-2-1-3-12(14)10-19(6-7-19)17(26)24-8-5-13(11-24)15-9-16(25)23-18(21)22-15/h1-4,9,13H,5-8,10-11H2,(H3,21,22,23,25). The van der Waals surface area contributed by atoms with E-state index in [9.17, 15) is 14.0 Å². The zero-order valence-corrected chi connectivity index (χ0v) is 14.4. The van der Waals surface area contributed by atoms with E-state index in [1.807, 2.05) is 4.90 Å². The summed E-state index contributed by atoms with van der Waals surface area (Å²) in [6, 6.07) is 8.09. The van der Waals surface area contributed by atoms with Crippen LogP contribution in [0.3, 0.4) is 0 Å². The number of carbonyl (C=O) groups excluding carboxylic acids is 1. The Labute approximate surface area is 150 Å². The number of nitrogen functional groups attached to an aromatic ring is 1. The van der Waals surface area contributed by atoms with Crippen molar-refractivity contribution < 1.29 is 9.18 Å². The van der Waals surface area contributed by atoms with Crippen LogP contribution in [0.2, 0.25) is 0 Å². The van der Waals surface area contributed by atoms with Gasteiger partial charge in [0.05, 0.1) is 11.1 Å². The summed E-state index contributed by atoms with van der Waals surface area (Å²) in [4.78, 5) is 33.1. The second kappa shape index (κ2) is 6.23. The number of aromatic nitrogens is 2. The van der Waals surface area contributed by atoms with Crippen molar-refractivity contribution in [3.8, 4) is 0 Å². The minimum Gasteiger partial charge on any atom is -0.369 e. The minimum absolute atomic E-state index is 0.00723. The Morgan fingerprint density at radius 1 is 1.38 bits per heavy atom. The maximum absolute atomic E-state index is 14.0. The first-order valence-electron chi connectivity index (χ1n) is 8.86. The van der Waals surface area contributed by atoms with Gasteiger partial charge in [0.1, 0.15) is 5.82 Å². The molecule has 26 heavy (non-hydrogen) atoms. The van der Waals surface area contributed by atoms with E-state index in [0.29, 0.717) is 30.8 Å². The SMILES string of the molecule is Nc1nc(C2CCN(C(=O)C3(Cc4ccccc4F)CC3)C2)cc(=O)[nH]1. The van der Waals surface area contributed by atoms with Crippen LogP contribution in [-0.4, -0.2) is 33.9 Å². The van der Waals surface area contributed by atoms with Gasteiger partial charge in [0, 0.05) is 25.1 Å². The highest BCUT2D eigenvalue weighted by atomic mass is 19.1. The zero-order chi connectivity index (χ0) is 18.3. The van der Waals surface area contributed by atoms with Crippen LogP contribution < -0.4 is 11.3 Å². The van der Waals surface area contributed by atoms with E-state index in [2.05, 4.69) is 9.97 Å². The largest absolute Gasteiger partial charge is 0.369 e. The fourth-order valence-corrected chi connectivity index (χ4v) is 3.85. The summed E-state index contributed by atoms with van der Waals surface area (Å²) in [5, 5.41) is 0. The number of amides is 1. The molecule has 2 fully saturated rings. The lowest BCUT2D eigenvalue weighted by molar-refractivity contribution is -0.136. The highest BCUT2D eigenvalue weighted by molar-refractivity contribution is 5.86. The molecule has 1 saturated carbocycles. The van der Waals surface area contributed by atoms with Gasteiger partial charge in [-0.15, -0.1) is 0 Å². The van der Waals surface area contributed by atoms with Crippen LogP contribution in [0.25, 0.3) is 0 Å². The molecule has 0 radical (unpaired) electrons. The van der Waals surface area contributed by atoms with Gasteiger partial charge in [-0.05, 0) is 37.3 Å². The number of carbonyl (C=O) groups is 1. The Kier molecular flexibility index (Phi) is 4.01. The number of halogens is 1. The van der Waals surface area contributed by atoms with E-state index in [1.165, 1.54) is 12.1 Å². The molecule has 1 aromatic carbocycles. The fourth-order valence-electron chi connectivity index (χ4n) is 3.85. The molecule has 1 atom stereocenters. The highest BCUT2D eigenvalue weighted by Gasteiger charge is 2.52. The maximum atomic E-state index is 14.0. The van der Waals surface area contributed by atoms with Gasteiger partial charge < -0.3 is 10.6 Å². The number of nitrogens with one attached hydrogen (secondary N) is 1. The first-order chi connectivity index (χ1) is 12.5. The van der Waals surface area contributed by atoms with E-state index in [4.69, 9.17) is 5.73 Å². The van der Waals surface area contributed by atoms with Gasteiger partial charge in [0.2, 0.25) is 11.9 Å². The number of nitrogens with two attached hydrogens (primary N) is 1. The number of benzene rings is 1. The lowest BCUT2D eigenvalue weighted by Crippen LogP contribution is -2.36. The van der Waals surface area contributed by atoms with Crippen LogP contribution >= 0.6 is 0 Å². The molecule has 0 spiro atoms. The molecule has 1 unspecified atom stereocenters. The smallest absolute Gasteiger partial charge is 0.252 e. The molecular formula is C19H21FN4O2. The van der Waals surface area contributed by atoms with E-state index in [0.717, 1.165) is 19.3 Å². The van der Waals surface area contributed by atoms with Gasteiger partial charge in [0.15, 0.2) is 0 Å². The Morgan fingerprint density at radius 2 is 2.15 bits per heavy atom. The predicted octanol–water partition coefficient (Wildman–Crippen LogP) is 1.83. The van der Waals surface area contributed by atoms with Gasteiger partial charge in [-0.25, -0.2) is 9.37 Å². The summed E-state index contributed by atoms with van der Waals surface area (Å²) in [6.45, 7) is 1.14. The van der Waals surface area contributed by atoms with Gasteiger partial charge in [0.25, 0.3) is 5.56 Å². The van der Waals surface area contributed by atoms with E-state index >= 15 is 0 Å². The second-order valence-electron chi connectivity index (χ2n) is 7.34. The summed E-state index contributed by atoms with van der Waals surface area (Å²) >= 11 is 0. The fraction of sp³-hybridized carbons (Fsp3) is 0.421. The molecular weight excluding hydrogens is 335 g/mol. The molecule has 4 rings (SSSR count). The van der Waals surface area contributed by atoms with Crippen LogP contribution in [0.5, 0.6) is 0 Å². The number of anilines is 1. The predicted molar refractivity (Wildman–Crippen MR) is 95.0 cm³/mol. The lowest BCUT2D eigenvalue weighted by atomic mass is 9.94. The summed E-state index contributed by atoms with van der Waals surface area (Å²) < 4.78 is 14.0. The lowest BCUT2D eigenvalue weighted by Gasteiger charge is -2.23. The van der Waals surface area contributed by atoms with Crippen molar-refractivity contribution in [1.29, 1.82) is 0 Å². The van der Waals surface area contributed by atoms with Gasteiger partial charge in [-0.2, -0.15) is 0 Å². The Balaban J connectivity index is 1.47. The molecule has 3 N–H and O–H groups in total. The summed E-state index contributed by atoms with van der Waals surface area (Å²) in [7, 11) is 0. The molecule has 2 aromatic rings. The normalized spacial score (nSPS) is 21.0. The topological polar surface area (TPSA) is 92.1 Å². The third-order valence-corrected chi connectivity index (χ3v) is 5.47. The first kappa shape index (κ1) is 16.8. The van der Waals surface area contributed by atoms with Crippen molar-refractivity contribution in [3.05, 3.63) is 57.8 Å². The average Bonchev–Trinajstić information content (AvgIpc) is 3.21. The molecule has 2 heterocycles. The van der Waals surface area contributed by atoms with Crippen molar-refractivity contribution in [3.63, 3.8) is 0 Å². The number of likely N-dealkylation sites (tertiary alicyclic amines) is 1. The third-order valence-electron chi connectivity index (χ3n) is 5.47. The number of hydrogen-bond donors (Lipinski definition) is 2. The van der Waals surface area contributed by atoms with Crippen molar-refractivity contribution in [2.24, 2.45) is 5.41 Å². The molecule has 7 heteroatoms. The number of hydrogen-bond acceptors (Lipinski definition) is 4. The van der Waals surface area contributed by atoms with Crippen molar-refractivity contribution in [1.82, 2.24) is 14.9 Å². The molecule has 1 aliphatic heterocycles. The molecule has 1 aliphatic carbocycles. The Morgan fingerprint density at radius 3 is 2.85 bits per heavy atom. The van der Waals surface area contributed by atoms with Crippen LogP contribution in [0.4, 0.5) is 10.3 Å². The first-order valence-corrected chi connectivity index (χ1v) is 8.86.